The zero-order valence-corrected chi connectivity index (χ0v) is 65.3. The van der Waals surface area contributed by atoms with Crippen LogP contribution in [-0.2, 0) is 16.2 Å². The molecule has 3 aromatic heterocycles. The van der Waals surface area contributed by atoms with Gasteiger partial charge in [-0.3, -0.25) is 0 Å². The van der Waals surface area contributed by atoms with Gasteiger partial charge in [-0.25, -0.2) is 0 Å². The summed E-state index contributed by atoms with van der Waals surface area (Å²) in [7, 11) is 0. The van der Waals surface area contributed by atoms with Gasteiger partial charge >= 0.3 is 0 Å². The number of hydrogen-bond donors (Lipinski definition) is 0. The van der Waals surface area contributed by atoms with Crippen LogP contribution in [0.15, 0.2) is 358 Å². The summed E-state index contributed by atoms with van der Waals surface area (Å²) >= 11 is 0. The molecule has 0 spiro atoms. The Bertz CT molecular complexity index is 7340. The van der Waals surface area contributed by atoms with Gasteiger partial charge in [-0.2, -0.15) is 0 Å². The fraction of sp³-hybridized carbons (Fsp3) is 0.111. The highest BCUT2D eigenvalue weighted by molar-refractivity contribution is 7.00. The van der Waals surface area contributed by atoms with Gasteiger partial charge in [-0.15, -0.1) is 0 Å². The number of anilines is 6. The summed E-state index contributed by atoms with van der Waals surface area (Å²) in [6.45, 7) is 20.0. The molecule has 2 aliphatic rings. The predicted molar refractivity (Wildman–Crippen MR) is 487 cm³/mol. The molecule has 5 nitrogen and oxygen atoms in total. The number of fused-ring (bicyclic) bond motifs is 13. The summed E-state index contributed by atoms with van der Waals surface area (Å²) in [4.78, 5) is 5.03. The van der Waals surface area contributed by atoms with Crippen LogP contribution in [0.4, 0.5) is 34.1 Å². The number of nitrogens with zero attached hydrogens (tertiary/aromatic N) is 5. The third kappa shape index (κ3) is 11.1. The van der Waals surface area contributed by atoms with Crippen molar-refractivity contribution >= 4 is 123 Å². The standard InChI is InChI=1S/C108H86BN5/c1-106(2,3)77-57-76(58-78(62-77)107(4,5)6)73-50-53-92-100(61-73)113(82-59-74(69-32-14-10-15-33-69)56-75(60-82)70-34-16-11-17-35-70)102-67-83(112-98-49-31-26-44-88(98)91-65-80(52-55-99(91)112)110-94-45-27-22-40-84(94)85-41-23-28-46-95(85)110)68-103-104(102)109(92)93-54-51-81(111-96-47-29-24-42-86(96)87-43-25-30-48-97(87)111)66-101(93)114(103)105-89(71-36-18-12-19-37-71)63-79(108(7,8)9)64-90(105)72-38-20-13-21-39-72/h10-68H,1-9H3/i24D,25D,29D,30D,42D,43D,47D,48D. The van der Waals surface area contributed by atoms with E-state index >= 15 is 0 Å². The molecule has 0 amide bonds. The molecule has 21 rings (SSSR count). The molecule has 19 aromatic rings. The highest BCUT2D eigenvalue weighted by atomic mass is 15.2. The summed E-state index contributed by atoms with van der Waals surface area (Å²) < 4.78 is 83.2. The smallest absolute Gasteiger partial charge is 0.252 e. The summed E-state index contributed by atoms with van der Waals surface area (Å²) in [5.41, 5.74) is 27.9. The van der Waals surface area contributed by atoms with Crippen molar-refractivity contribution in [3.63, 3.8) is 0 Å². The van der Waals surface area contributed by atoms with E-state index < -0.39 is 43.0 Å². The topological polar surface area (TPSA) is 21.3 Å². The second kappa shape index (κ2) is 26.1. The quantitative estimate of drug-likeness (QED) is 0.127. The highest BCUT2D eigenvalue weighted by Gasteiger charge is 2.46. The largest absolute Gasteiger partial charge is 0.311 e. The highest BCUT2D eigenvalue weighted by Crippen LogP contribution is 2.54. The average molecular weight is 1470 g/mol. The van der Waals surface area contributed by atoms with Crippen molar-refractivity contribution in [3.8, 4) is 72.7 Å². The first-order chi connectivity index (χ1) is 58.8. The van der Waals surface area contributed by atoms with E-state index in [1.54, 1.807) is 4.57 Å². The van der Waals surface area contributed by atoms with Gasteiger partial charge in [0.1, 0.15) is 0 Å². The zero-order valence-electron chi connectivity index (χ0n) is 73.3. The second-order valence-electron chi connectivity index (χ2n) is 33.9. The van der Waals surface area contributed by atoms with Crippen LogP contribution in [-0.4, -0.2) is 20.4 Å². The van der Waals surface area contributed by atoms with E-state index in [1.807, 2.05) is 6.07 Å². The molecule has 114 heavy (non-hydrogen) atoms. The third-order valence-electron chi connectivity index (χ3n) is 23.8. The van der Waals surface area contributed by atoms with Gasteiger partial charge in [-0.1, -0.05) is 311 Å². The SMILES string of the molecule is [2H]c1c([2H])c([2H])c2c(c1[2H])c1c([2H])c([2H])c([2H])c([2H])c1n2-c1ccc2c(c1)N(c1c(-c3ccccc3)cc(C(C)(C)C)cc1-c1ccccc1)c1cc(-n3c4ccccc4c4cc(-n5c6ccccc6c6ccccc65)ccc43)cc3c1B2c1ccc(-c2cc(C(C)(C)C)cc(C(C)(C)C)c2)cc1N3c1cc(-c2ccccc2)cc(-c2ccccc2)c1. The first-order valence-corrected chi connectivity index (χ1v) is 39.6. The second-order valence-corrected chi connectivity index (χ2v) is 33.9. The van der Waals surface area contributed by atoms with E-state index in [-0.39, 0.29) is 50.1 Å². The molecule has 5 heterocycles. The van der Waals surface area contributed by atoms with Crippen LogP contribution in [0.3, 0.4) is 0 Å². The lowest BCUT2D eigenvalue weighted by molar-refractivity contribution is 0.569. The van der Waals surface area contributed by atoms with Gasteiger partial charge in [0.15, 0.2) is 0 Å². The molecular formula is C108H86BN5. The van der Waals surface area contributed by atoms with Crippen LogP contribution < -0.4 is 26.2 Å². The first kappa shape index (κ1) is 60.3. The molecule has 0 aliphatic carbocycles. The van der Waals surface area contributed by atoms with E-state index in [0.29, 0.717) is 5.69 Å². The first-order valence-electron chi connectivity index (χ1n) is 43.6. The van der Waals surface area contributed by atoms with Crippen molar-refractivity contribution in [3.05, 3.63) is 374 Å². The third-order valence-corrected chi connectivity index (χ3v) is 23.8. The number of para-hydroxylation sites is 5. The molecule has 0 bridgehead atoms. The number of aromatic nitrogens is 3. The lowest BCUT2D eigenvalue weighted by Crippen LogP contribution is -2.61. The van der Waals surface area contributed by atoms with E-state index in [1.165, 1.54) is 21.9 Å². The summed E-state index contributed by atoms with van der Waals surface area (Å²) in [6.07, 6.45) is 0. The molecule has 0 unspecified atom stereocenters. The molecule has 0 atom stereocenters. The maximum atomic E-state index is 10.00. The zero-order chi connectivity index (χ0) is 84.0. The van der Waals surface area contributed by atoms with Gasteiger partial charge < -0.3 is 23.5 Å². The van der Waals surface area contributed by atoms with Crippen LogP contribution in [0.25, 0.3) is 138 Å². The van der Waals surface area contributed by atoms with E-state index in [0.717, 1.165) is 156 Å². The monoisotopic (exact) mass is 1470 g/mol. The Kier molecular flexibility index (Phi) is 13.8. The minimum atomic E-state index is -0.541. The molecule has 0 radical (unpaired) electrons. The summed E-state index contributed by atoms with van der Waals surface area (Å²) in [6, 6.07) is 109. The van der Waals surface area contributed by atoms with Gasteiger partial charge in [0.25, 0.3) is 6.71 Å². The van der Waals surface area contributed by atoms with Crippen LogP contribution >= 0.6 is 0 Å². The van der Waals surface area contributed by atoms with Crippen LogP contribution in [0.1, 0.15) is 90.0 Å². The maximum absolute atomic E-state index is 10.00. The van der Waals surface area contributed by atoms with Crippen molar-refractivity contribution in [2.24, 2.45) is 0 Å². The Hall–Kier alpha value is -13.4. The number of rotatable bonds is 10. The van der Waals surface area contributed by atoms with Gasteiger partial charge in [0, 0.05) is 83.3 Å². The van der Waals surface area contributed by atoms with E-state index in [9.17, 15) is 11.0 Å². The van der Waals surface area contributed by atoms with Gasteiger partial charge in [-0.05, 0) is 203 Å². The molecule has 0 N–H and O–H groups in total. The maximum Gasteiger partial charge on any atom is 0.252 e. The number of benzene rings is 16. The number of hydrogen-bond acceptors (Lipinski definition) is 2. The van der Waals surface area contributed by atoms with Gasteiger partial charge in [0.05, 0.1) is 55.4 Å². The van der Waals surface area contributed by atoms with Gasteiger partial charge in [0.2, 0.25) is 0 Å². The molecule has 0 fully saturated rings. The van der Waals surface area contributed by atoms with Crippen molar-refractivity contribution in [1.82, 2.24) is 13.7 Å². The predicted octanol–water partition coefficient (Wildman–Crippen LogP) is 27.3. The van der Waals surface area contributed by atoms with E-state index in [4.69, 9.17) is 0 Å². The summed E-state index contributed by atoms with van der Waals surface area (Å²) in [5.74, 6) is 0. The molecular weight excluding hydrogens is 1380 g/mol. The summed E-state index contributed by atoms with van der Waals surface area (Å²) in [5, 5.41) is 4.49. The van der Waals surface area contributed by atoms with Crippen molar-refractivity contribution in [2.75, 3.05) is 9.80 Å². The fourth-order valence-electron chi connectivity index (χ4n) is 18.2. The lowest BCUT2D eigenvalue weighted by Gasteiger charge is -2.45. The van der Waals surface area contributed by atoms with Crippen molar-refractivity contribution in [2.45, 2.75) is 78.6 Å². The average Bonchev–Trinajstić information content (AvgIpc) is 0.993. The Morgan fingerprint density at radius 1 is 0.246 bits per heavy atom. The van der Waals surface area contributed by atoms with Crippen LogP contribution in [0.2, 0.25) is 0 Å². The van der Waals surface area contributed by atoms with Crippen LogP contribution in [0, 0.1) is 0 Å². The van der Waals surface area contributed by atoms with Crippen LogP contribution in [0.5, 0.6) is 0 Å². The molecule has 16 aromatic carbocycles. The fourth-order valence-corrected chi connectivity index (χ4v) is 18.2. The Labute approximate surface area is 678 Å². The molecule has 546 valence electrons. The minimum Gasteiger partial charge on any atom is -0.311 e. The molecule has 0 saturated carbocycles. The molecule has 2 aliphatic heterocycles. The normalized spacial score (nSPS) is 13.9. The lowest BCUT2D eigenvalue weighted by atomic mass is 9.33. The Morgan fingerprint density at radius 2 is 0.632 bits per heavy atom. The Balaban J connectivity index is 0.963. The molecule has 0 saturated heterocycles. The minimum absolute atomic E-state index is 0.00239. The molecule has 6 heteroatoms. The Morgan fingerprint density at radius 3 is 1.15 bits per heavy atom. The van der Waals surface area contributed by atoms with Crippen molar-refractivity contribution < 1.29 is 11.0 Å². The van der Waals surface area contributed by atoms with Crippen molar-refractivity contribution in [1.29, 1.82) is 0 Å². The van der Waals surface area contributed by atoms with E-state index in [2.05, 4.69) is 385 Å².